The van der Waals surface area contributed by atoms with Gasteiger partial charge in [-0.15, -0.1) is 0 Å². The molecule has 0 spiro atoms. The number of rotatable bonds is 8. The summed E-state index contributed by atoms with van der Waals surface area (Å²) in [5.74, 6) is 0.183. The maximum Gasteiger partial charge on any atom is 0.223 e. The first-order valence-electron chi connectivity index (χ1n) is 8.23. The minimum atomic E-state index is -3.30. The summed E-state index contributed by atoms with van der Waals surface area (Å²) in [6.07, 6.45) is 5.67. The fourth-order valence-electron chi connectivity index (χ4n) is 2.82. The van der Waals surface area contributed by atoms with E-state index in [0.29, 0.717) is 26.1 Å². The van der Waals surface area contributed by atoms with Gasteiger partial charge >= 0.3 is 0 Å². The summed E-state index contributed by atoms with van der Waals surface area (Å²) in [5.41, 5.74) is 2.15. The van der Waals surface area contributed by atoms with E-state index in [1.54, 1.807) is 0 Å². The van der Waals surface area contributed by atoms with Gasteiger partial charge in [-0.25, -0.2) is 12.7 Å². The van der Waals surface area contributed by atoms with Crippen molar-refractivity contribution in [1.82, 2.24) is 14.6 Å². The van der Waals surface area contributed by atoms with Crippen LogP contribution in [0.3, 0.4) is 0 Å². The first-order chi connectivity index (χ1) is 11.4. The summed E-state index contributed by atoms with van der Waals surface area (Å²) in [7, 11) is -3.30. The summed E-state index contributed by atoms with van der Waals surface area (Å²) in [6.45, 7) is 1.07. The number of H-pyrrole nitrogens is 1. The maximum absolute atomic E-state index is 12.0. The molecule has 1 amide bonds. The van der Waals surface area contributed by atoms with E-state index in [1.165, 1.54) is 10.6 Å². The fourth-order valence-corrected chi connectivity index (χ4v) is 3.67. The van der Waals surface area contributed by atoms with Gasteiger partial charge in [0.25, 0.3) is 0 Å². The molecule has 3 rings (SSSR count). The minimum absolute atomic E-state index is 0.0417. The van der Waals surface area contributed by atoms with Gasteiger partial charge < -0.3 is 10.3 Å². The van der Waals surface area contributed by atoms with Gasteiger partial charge in [0.15, 0.2) is 0 Å². The molecule has 0 saturated heterocycles. The third-order valence-corrected chi connectivity index (χ3v) is 5.69. The van der Waals surface area contributed by atoms with Crippen molar-refractivity contribution < 1.29 is 13.2 Å². The maximum atomic E-state index is 12.0. The van der Waals surface area contributed by atoms with E-state index >= 15 is 0 Å². The molecule has 1 saturated carbocycles. The lowest BCUT2D eigenvalue weighted by Crippen LogP contribution is -2.39. The van der Waals surface area contributed by atoms with Crippen molar-refractivity contribution >= 4 is 26.8 Å². The number of carbonyl (C=O) groups excluding carboxylic acids is 1. The van der Waals surface area contributed by atoms with Crippen LogP contribution in [0.1, 0.15) is 18.4 Å². The van der Waals surface area contributed by atoms with Gasteiger partial charge in [-0.1, -0.05) is 18.2 Å². The van der Waals surface area contributed by atoms with Gasteiger partial charge in [0.2, 0.25) is 15.9 Å². The van der Waals surface area contributed by atoms with Gasteiger partial charge in [0.05, 0.1) is 6.26 Å². The van der Waals surface area contributed by atoms with Crippen LogP contribution in [0.2, 0.25) is 0 Å². The van der Waals surface area contributed by atoms with Crippen LogP contribution in [0.4, 0.5) is 0 Å². The van der Waals surface area contributed by atoms with Crippen molar-refractivity contribution in [1.29, 1.82) is 0 Å². The van der Waals surface area contributed by atoms with E-state index < -0.39 is 10.0 Å². The van der Waals surface area contributed by atoms with Crippen molar-refractivity contribution in [3.05, 3.63) is 36.0 Å². The van der Waals surface area contributed by atoms with Crippen LogP contribution in [0.15, 0.2) is 30.5 Å². The van der Waals surface area contributed by atoms with Crippen LogP contribution >= 0.6 is 0 Å². The molecule has 2 N–H and O–H groups in total. The smallest absolute Gasteiger partial charge is 0.223 e. The summed E-state index contributed by atoms with van der Waals surface area (Å²) < 4.78 is 25.4. The molecule has 6 nitrogen and oxygen atoms in total. The zero-order valence-electron chi connectivity index (χ0n) is 13.8. The number of aromatic amines is 1. The van der Waals surface area contributed by atoms with Gasteiger partial charge in [0, 0.05) is 42.7 Å². The standard InChI is InChI=1S/C17H23N3O3S/c1-24(22,23)20(11-9-18-17(21)13-6-7-13)10-8-14-12-19-16-5-3-2-4-15(14)16/h2-5,12-13,19H,6-11H2,1H3,(H,18,21). The van der Waals surface area contributed by atoms with Gasteiger partial charge in [-0.2, -0.15) is 0 Å². The van der Waals surface area contributed by atoms with Crippen molar-refractivity contribution in [2.75, 3.05) is 25.9 Å². The number of aromatic nitrogens is 1. The minimum Gasteiger partial charge on any atom is -0.361 e. The normalized spacial score (nSPS) is 15.1. The van der Waals surface area contributed by atoms with E-state index in [2.05, 4.69) is 10.3 Å². The van der Waals surface area contributed by atoms with Gasteiger partial charge in [-0.05, 0) is 30.9 Å². The van der Waals surface area contributed by atoms with Crippen LogP contribution in [-0.4, -0.2) is 49.5 Å². The Hall–Kier alpha value is -1.86. The van der Waals surface area contributed by atoms with Crippen LogP contribution < -0.4 is 5.32 Å². The predicted octanol–water partition coefficient (Wildman–Crippen LogP) is 1.50. The lowest BCUT2D eigenvalue weighted by molar-refractivity contribution is -0.122. The molecule has 1 aliphatic rings. The molecule has 0 bridgehead atoms. The second-order valence-corrected chi connectivity index (χ2v) is 8.32. The van der Waals surface area contributed by atoms with Gasteiger partial charge in [-0.3, -0.25) is 4.79 Å². The Morgan fingerprint density at radius 2 is 2.04 bits per heavy atom. The number of amides is 1. The third kappa shape index (κ3) is 4.15. The lowest BCUT2D eigenvalue weighted by Gasteiger charge is -2.20. The molecule has 1 fully saturated rings. The molecule has 1 aromatic carbocycles. The number of para-hydroxylation sites is 1. The van der Waals surface area contributed by atoms with E-state index in [0.717, 1.165) is 29.3 Å². The summed E-state index contributed by atoms with van der Waals surface area (Å²) in [4.78, 5) is 14.8. The number of sulfonamides is 1. The second-order valence-electron chi connectivity index (χ2n) is 6.34. The molecule has 7 heteroatoms. The zero-order chi connectivity index (χ0) is 17.2. The summed E-state index contributed by atoms with van der Waals surface area (Å²) in [5, 5.41) is 3.94. The predicted molar refractivity (Wildman–Crippen MR) is 94.2 cm³/mol. The number of nitrogens with one attached hydrogen (secondary N) is 2. The molecule has 0 radical (unpaired) electrons. The van der Waals surface area contributed by atoms with E-state index in [4.69, 9.17) is 0 Å². The monoisotopic (exact) mass is 349 g/mol. The number of carbonyl (C=O) groups is 1. The highest BCUT2D eigenvalue weighted by Gasteiger charge is 2.29. The molecule has 130 valence electrons. The molecule has 0 unspecified atom stereocenters. The first-order valence-corrected chi connectivity index (χ1v) is 10.1. The summed E-state index contributed by atoms with van der Waals surface area (Å²) >= 11 is 0. The topological polar surface area (TPSA) is 82.3 Å². The number of hydrogen-bond acceptors (Lipinski definition) is 3. The largest absolute Gasteiger partial charge is 0.361 e. The van der Waals surface area contributed by atoms with Crippen LogP contribution in [0.25, 0.3) is 10.9 Å². The highest BCUT2D eigenvalue weighted by atomic mass is 32.2. The van der Waals surface area contributed by atoms with Crippen LogP contribution in [-0.2, 0) is 21.2 Å². The Labute approximate surface area is 142 Å². The highest BCUT2D eigenvalue weighted by Crippen LogP contribution is 2.28. The zero-order valence-corrected chi connectivity index (χ0v) is 14.6. The Morgan fingerprint density at radius 3 is 2.75 bits per heavy atom. The number of fused-ring (bicyclic) bond motifs is 1. The third-order valence-electron chi connectivity index (χ3n) is 4.38. The van der Waals surface area contributed by atoms with Crippen LogP contribution in [0, 0.1) is 5.92 Å². The molecular weight excluding hydrogens is 326 g/mol. The average molecular weight is 349 g/mol. The molecule has 0 atom stereocenters. The van der Waals surface area contributed by atoms with Crippen molar-refractivity contribution in [3.8, 4) is 0 Å². The molecule has 24 heavy (non-hydrogen) atoms. The second kappa shape index (κ2) is 6.94. The van der Waals surface area contributed by atoms with Gasteiger partial charge in [0.1, 0.15) is 0 Å². The van der Waals surface area contributed by atoms with E-state index in [9.17, 15) is 13.2 Å². The Balaban J connectivity index is 1.58. The van der Waals surface area contributed by atoms with Crippen molar-refractivity contribution in [2.24, 2.45) is 5.92 Å². The lowest BCUT2D eigenvalue weighted by atomic mass is 10.1. The number of hydrogen-bond donors (Lipinski definition) is 2. The first kappa shape index (κ1) is 17.0. The van der Waals surface area contributed by atoms with Crippen LogP contribution in [0.5, 0.6) is 0 Å². The molecule has 1 aromatic heterocycles. The van der Waals surface area contributed by atoms with Crippen molar-refractivity contribution in [3.63, 3.8) is 0 Å². The quantitative estimate of drug-likeness (QED) is 0.758. The Morgan fingerprint density at radius 1 is 1.29 bits per heavy atom. The number of benzene rings is 1. The average Bonchev–Trinajstić information content (AvgIpc) is 3.31. The molecular formula is C17H23N3O3S. The van der Waals surface area contributed by atoms with E-state index in [-0.39, 0.29) is 11.8 Å². The number of nitrogens with zero attached hydrogens (tertiary/aromatic N) is 1. The Kier molecular flexibility index (Phi) is 4.91. The van der Waals surface area contributed by atoms with Crippen molar-refractivity contribution in [2.45, 2.75) is 19.3 Å². The molecule has 1 heterocycles. The van der Waals surface area contributed by atoms with E-state index in [1.807, 2.05) is 30.5 Å². The Bertz CT molecular complexity index is 824. The molecule has 0 aliphatic heterocycles. The highest BCUT2D eigenvalue weighted by molar-refractivity contribution is 7.88. The fraction of sp³-hybridized carbons (Fsp3) is 0.471. The SMILES string of the molecule is CS(=O)(=O)N(CCNC(=O)C1CC1)CCc1c[nH]c2ccccc12. The summed E-state index contributed by atoms with van der Waals surface area (Å²) in [6, 6.07) is 7.97. The molecule has 2 aromatic rings. The molecule has 1 aliphatic carbocycles.